The van der Waals surface area contributed by atoms with Gasteiger partial charge in [-0.2, -0.15) is 0 Å². The van der Waals surface area contributed by atoms with Gasteiger partial charge in [-0.05, 0) is 0 Å². The highest BCUT2D eigenvalue weighted by molar-refractivity contribution is 4.65. The van der Waals surface area contributed by atoms with Gasteiger partial charge in [-0.15, -0.1) is 5.43 Å². The molecular formula is C2H2N3+. The molecule has 0 amide bonds. The van der Waals surface area contributed by atoms with E-state index in [0.29, 0.717) is 0 Å². The largest absolute Gasteiger partial charge is 0.301 e. The van der Waals surface area contributed by atoms with Crippen molar-refractivity contribution in [3.63, 3.8) is 0 Å². The average molecular weight is 68.1 g/mol. The third-order valence-electron chi connectivity index (χ3n) is 0.295. The predicted molar refractivity (Wildman–Crippen MR) is 15.5 cm³/mol. The van der Waals surface area contributed by atoms with E-state index in [4.69, 9.17) is 0 Å². The molecule has 5 heavy (non-hydrogen) atoms. The molecule has 1 rings (SSSR count). The summed E-state index contributed by atoms with van der Waals surface area (Å²) in [4.78, 5) is 0. The fourth-order valence-corrected chi connectivity index (χ4v) is 0.144. The van der Waals surface area contributed by atoms with Gasteiger partial charge < -0.3 is 0 Å². The SMILES string of the molecule is [C]1=CNN=[N+]1. The van der Waals surface area contributed by atoms with Gasteiger partial charge in [-0.3, -0.25) is 0 Å². The fraction of sp³-hybridized carbons (Fsp3) is 0. The number of nitrogens with zero attached hydrogens (tertiary/aromatic N) is 2. The molecule has 0 fully saturated rings. The minimum Gasteiger partial charge on any atom is -0.146 e. The summed E-state index contributed by atoms with van der Waals surface area (Å²) in [5, 5.41) is 6.58. The Morgan fingerprint density at radius 1 is 2.00 bits per heavy atom. The van der Waals surface area contributed by atoms with Crippen LogP contribution in [0.5, 0.6) is 0 Å². The van der Waals surface area contributed by atoms with Crippen molar-refractivity contribution in [2.24, 2.45) is 5.22 Å². The van der Waals surface area contributed by atoms with Crippen LogP contribution in [0.3, 0.4) is 0 Å². The molecule has 3 heteroatoms. The molecule has 0 saturated carbocycles. The van der Waals surface area contributed by atoms with Gasteiger partial charge in [0.2, 0.25) is 0 Å². The second-order valence-corrected chi connectivity index (χ2v) is 0.603. The van der Waals surface area contributed by atoms with Gasteiger partial charge in [-0.25, -0.2) is 0 Å². The third kappa shape index (κ3) is 0.238. The lowest BCUT2D eigenvalue weighted by Gasteiger charge is -1.51. The molecule has 1 aliphatic heterocycles. The molecule has 0 unspecified atom stereocenters. The first kappa shape index (κ1) is 2.38. The molecule has 0 aromatic rings. The summed E-state index contributed by atoms with van der Waals surface area (Å²) >= 11 is 0. The van der Waals surface area contributed by atoms with Gasteiger partial charge in [0.05, 0.1) is 5.11 Å². The minimum absolute atomic E-state index is 1.53. The van der Waals surface area contributed by atoms with E-state index < -0.39 is 0 Å². The second-order valence-electron chi connectivity index (χ2n) is 0.603. The summed E-state index contributed by atoms with van der Waals surface area (Å²) < 4.78 is 0. The molecule has 0 aliphatic carbocycles. The number of nitrogens with one attached hydrogen (secondary N) is 1. The molecule has 0 aromatic carbocycles. The summed E-state index contributed by atoms with van der Waals surface area (Å²) in [6.45, 7) is 0. The van der Waals surface area contributed by atoms with Crippen molar-refractivity contribution in [2.75, 3.05) is 0 Å². The molecule has 0 saturated heterocycles. The molecule has 0 spiro atoms. The third-order valence-corrected chi connectivity index (χ3v) is 0.295. The summed E-state index contributed by atoms with van der Waals surface area (Å²) in [6.07, 6.45) is 3.97. The van der Waals surface area contributed by atoms with Gasteiger partial charge in [0, 0.05) is 0 Å². The van der Waals surface area contributed by atoms with Gasteiger partial charge >= 0.3 is 6.20 Å². The molecule has 1 aliphatic rings. The first-order chi connectivity index (χ1) is 2.50. The van der Waals surface area contributed by atoms with E-state index in [9.17, 15) is 0 Å². The van der Waals surface area contributed by atoms with Crippen molar-refractivity contribution in [1.29, 1.82) is 0 Å². The van der Waals surface area contributed by atoms with E-state index in [2.05, 4.69) is 22.0 Å². The van der Waals surface area contributed by atoms with E-state index in [0.717, 1.165) is 0 Å². The van der Waals surface area contributed by atoms with Crippen LogP contribution < -0.4 is 10.5 Å². The Morgan fingerprint density at radius 3 is 3.20 bits per heavy atom. The normalized spacial score (nSPS) is 16.0. The van der Waals surface area contributed by atoms with E-state index in [1.807, 2.05) is 0 Å². The van der Waals surface area contributed by atoms with Crippen LogP contribution in [0.4, 0.5) is 0 Å². The van der Waals surface area contributed by atoms with Crippen LogP contribution in [0.1, 0.15) is 0 Å². The van der Waals surface area contributed by atoms with Crippen LogP contribution in [-0.4, -0.2) is 0 Å². The van der Waals surface area contributed by atoms with E-state index in [1.54, 1.807) is 0 Å². The van der Waals surface area contributed by atoms with E-state index >= 15 is 0 Å². The van der Waals surface area contributed by atoms with Crippen molar-refractivity contribution < 1.29 is 0 Å². The maximum Gasteiger partial charge on any atom is 0.301 e. The first-order valence-electron chi connectivity index (χ1n) is 1.22. The zero-order valence-electron chi connectivity index (χ0n) is 2.47. The van der Waals surface area contributed by atoms with Crippen LogP contribution in [-0.2, 0) is 0 Å². The van der Waals surface area contributed by atoms with Crippen molar-refractivity contribution >= 4 is 0 Å². The minimum atomic E-state index is 1.53. The van der Waals surface area contributed by atoms with Gasteiger partial charge in [0.15, 0.2) is 6.20 Å². The van der Waals surface area contributed by atoms with Crippen LogP contribution in [0.25, 0.3) is 0 Å². The van der Waals surface area contributed by atoms with Gasteiger partial charge in [-0.1, -0.05) is 0 Å². The second kappa shape index (κ2) is 0.839. The summed E-state index contributed by atoms with van der Waals surface area (Å²) in [7, 11) is 0. The van der Waals surface area contributed by atoms with E-state index in [-0.39, 0.29) is 0 Å². The Hall–Kier alpha value is -0.860. The highest BCUT2D eigenvalue weighted by Crippen LogP contribution is 1.64. The Kier molecular flexibility index (Phi) is 0.400. The van der Waals surface area contributed by atoms with Crippen LogP contribution in [0.15, 0.2) is 11.4 Å². The summed E-state index contributed by atoms with van der Waals surface area (Å²) in [5.74, 6) is 0. The Balaban J connectivity index is 2.61. The fourth-order valence-electron chi connectivity index (χ4n) is 0.144. The van der Waals surface area contributed by atoms with Gasteiger partial charge in [0.1, 0.15) is 5.22 Å². The smallest absolute Gasteiger partial charge is 0.146 e. The number of hydrogen-bond acceptors (Lipinski definition) is 3. The molecular weight excluding hydrogens is 66.0 g/mol. The Labute approximate surface area is 29.4 Å². The molecule has 1 N–H and O–H groups in total. The molecule has 2 radical (unpaired) electrons. The molecule has 24 valence electrons. The van der Waals surface area contributed by atoms with E-state index in [1.165, 1.54) is 6.20 Å². The zero-order valence-corrected chi connectivity index (χ0v) is 2.47. The molecule has 0 atom stereocenters. The number of hydrogen-bond donors (Lipinski definition) is 1. The lowest BCUT2D eigenvalue weighted by atomic mass is 11.0. The standard InChI is InChI=1S/C2H2N3/c1-2-4-5-3-1/h1H,(H,3,5)/q+1. The first-order valence-corrected chi connectivity index (χ1v) is 1.22. The molecule has 1 heterocycles. The monoisotopic (exact) mass is 68.0 g/mol. The zero-order chi connectivity index (χ0) is 3.54. The van der Waals surface area contributed by atoms with Crippen LogP contribution in [0.2, 0.25) is 0 Å². The lowest BCUT2D eigenvalue weighted by molar-refractivity contribution is 0.880. The van der Waals surface area contributed by atoms with Gasteiger partial charge in [0.25, 0.3) is 0 Å². The van der Waals surface area contributed by atoms with Crippen LogP contribution in [0, 0.1) is 6.20 Å². The topological polar surface area (TPSA) is 38.5 Å². The number of rotatable bonds is 0. The lowest BCUT2D eigenvalue weighted by Crippen LogP contribution is -1.83. The maximum absolute atomic E-state index is 3.29. The molecule has 3 nitrogen and oxygen atoms in total. The average Bonchev–Trinajstić information content (AvgIpc) is 1.76. The van der Waals surface area contributed by atoms with Crippen LogP contribution >= 0.6 is 0 Å². The van der Waals surface area contributed by atoms with Crippen molar-refractivity contribution in [1.82, 2.24) is 10.5 Å². The van der Waals surface area contributed by atoms with Crippen molar-refractivity contribution in [2.45, 2.75) is 0 Å². The Bertz CT molecular complexity index is 63.0. The molecule has 0 aromatic heterocycles. The Morgan fingerprint density at radius 2 is 3.00 bits per heavy atom. The maximum atomic E-state index is 3.29. The molecule has 0 bridgehead atoms. The summed E-state index contributed by atoms with van der Waals surface area (Å²) in [6, 6.07) is 0. The van der Waals surface area contributed by atoms with Crippen molar-refractivity contribution in [3.8, 4) is 0 Å². The highest BCUT2D eigenvalue weighted by Gasteiger charge is 1.88. The predicted octanol–water partition coefficient (Wildman–Crippen LogP) is -0.433. The van der Waals surface area contributed by atoms with Crippen molar-refractivity contribution in [3.05, 3.63) is 12.4 Å². The summed E-state index contributed by atoms with van der Waals surface area (Å²) in [5.41, 5.74) is 2.44. The highest BCUT2D eigenvalue weighted by atomic mass is 15.4. The quantitative estimate of drug-likeness (QED) is 0.411.